The van der Waals surface area contributed by atoms with Gasteiger partial charge in [0.2, 0.25) is 0 Å². The van der Waals surface area contributed by atoms with Crippen LogP contribution in [0.2, 0.25) is 0 Å². The van der Waals surface area contributed by atoms with Crippen molar-refractivity contribution in [1.82, 2.24) is 0 Å². The molecule has 0 spiro atoms. The van der Waals surface area contributed by atoms with Crippen LogP contribution in [0, 0.1) is 10.7 Å². The number of aryl methyl sites for hydroxylation is 1. The molecule has 3 nitrogen and oxygen atoms in total. The molecule has 2 aromatic rings. The van der Waals surface area contributed by atoms with Crippen LogP contribution >= 0.6 is 22.6 Å². The van der Waals surface area contributed by atoms with E-state index in [1.165, 1.54) is 0 Å². The average molecular weight is 330 g/mol. The zero-order chi connectivity index (χ0) is 11.7. The Hall–Kier alpha value is -1.04. The molecule has 4 heteroatoms. The summed E-state index contributed by atoms with van der Waals surface area (Å²) in [5, 5.41) is 0.822. The summed E-state index contributed by atoms with van der Waals surface area (Å²) in [6.07, 6.45) is 0. The molecule has 1 aromatic carbocycles. The van der Waals surface area contributed by atoms with Crippen molar-refractivity contribution in [3.63, 3.8) is 0 Å². The number of rotatable bonds is 2. The van der Waals surface area contributed by atoms with Gasteiger partial charge in [0.1, 0.15) is 11.1 Å². The number of ether oxygens (including phenoxy) is 1. The Morgan fingerprint density at radius 3 is 2.94 bits per heavy atom. The van der Waals surface area contributed by atoms with E-state index in [-0.39, 0.29) is 5.97 Å². The van der Waals surface area contributed by atoms with Crippen LogP contribution in [0.1, 0.15) is 22.8 Å². The van der Waals surface area contributed by atoms with E-state index in [9.17, 15) is 4.79 Å². The van der Waals surface area contributed by atoms with Gasteiger partial charge >= 0.3 is 5.97 Å². The van der Waals surface area contributed by atoms with E-state index in [4.69, 9.17) is 9.15 Å². The summed E-state index contributed by atoms with van der Waals surface area (Å²) >= 11 is 2.01. The van der Waals surface area contributed by atoms with Crippen molar-refractivity contribution in [3.05, 3.63) is 33.1 Å². The van der Waals surface area contributed by atoms with Crippen LogP contribution < -0.4 is 0 Å². The van der Waals surface area contributed by atoms with Crippen molar-refractivity contribution < 1.29 is 13.9 Å². The summed E-state index contributed by atoms with van der Waals surface area (Å²) in [7, 11) is 0. The lowest BCUT2D eigenvalue weighted by atomic mass is 10.1. The first-order valence-corrected chi connectivity index (χ1v) is 6.07. The van der Waals surface area contributed by atoms with Gasteiger partial charge in [0, 0.05) is 28.0 Å². The number of hydrogen-bond acceptors (Lipinski definition) is 3. The number of fused-ring (bicyclic) bond motifs is 1. The molecule has 0 aliphatic rings. The molecule has 0 bridgehead atoms. The third kappa shape index (κ3) is 1.93. The molecule has 1 heterocycles. The van der Waals surface area contributed by atoms with Gasteiger partial charge in [0.05, 0.1) is 6.61 Å². The quantitative estimate of drug-likeness (QED) is 0.625. The molecule has 0 atom stereocenters. The monoisotopic (exact) mass is 330 g/mol. The van der Waals surface area contributed by atoms with Gasteiger partial charge in [-0.2, -0.15) is 0 Å². The molecule has 0 fully saturated rings. The molecule has 1 aromatic heterocycles. The molecule has 0 saturated carbocycles. The fourth-order valence-electron chi connectivity index (χ4n) is 1.58. The summed E-state index contributed by atoms with van der Waals surface area (Å²) in [6, 6.07) is 5.76. The molecular formula is C12H11IO3. The molecule has 0 unspecified atom stereocenters. The fraction of sp³-hybridized carbons (Fsp3) is 0.250. The molecule has 0 N–H and O–H groups in total. The van der Waals surface area contributed by atoms with Crippen LogP contribution in [-0.2, 0) is 4.74 Å². The van der Waals surface area contributed by atoms with E-state index < -0.39 is 0 Å². The summed E-state index contributed by atoms with van der Waals surface area (Å²) < 4.78 is 11.1. The summed E-state index contributed by atoms with van der Waals surface area (Å²) in [5.74, 6) is -0.323. The van der Waals surface area contributed by atoms with Crippen LogP contribution in [-0.4, -0.2) is 12.6 Å². The number of furan rings is 1. The Kier molecular flexibility index (Phi) is 3.18. The normalized spacial score (nSPS) is 10.7. The molecule has 0 radical (unpaired) electrons. The fourth-order valence-corrected chi connectivity index (χ4v) is 2.32. The minimum absolute atomic E-state index is 0.323. The van der Waals surface area contributed by atoms with E-state index >= 15 is 0 Å². The van der Waals surface area contributed by atoms with Crippen LogP contribution in [0.25, 0.3) is 11.0 Å². The SMILES string of the molecule is CCOC(=O)c1c(I)oc2ccc(C)cc12. The predicted octanol–water partition coefficient (Wildman–Crippen LogP) is 3.52. The van der Waals surface area contributed by atoms with Gasteiger partial charge in [-0.25, -0.2) is 4.79 Å². The van der Waals surface area contributed by atoms with Gasteiger partial charge in [-0.3, -0.25) is 0 Å². The minimum Gasteiger partial charge on any atom is -0.462 e. The van der Waals surface area contributed by atoms with Gasteiger partial charge < -0.3 is 9.15 Å². The molecule has 2 rings (SSSR count). The highest BCUT2D eigenvalue weighted by Crippen LogP contribution is 2.28. The van der Waals surface area contributed by atoms with Crippen molar-refractivity contribution in [3.8, 4) is 0 Å². The first-order valence-electron chi connectivity index (χ1n) is 4.99. The number of carbonyl (C=O) groups excluding carboxylic acids is 1. The van der Waals surface area contributed by atoms with Gasteiger partial charge in [0.15, 0.2) is 3.77 Å². The maximum absolute atomic E-state index is 11.8. The topological polar surface area (TPSA) is 39.4 Å². The molecular weight excluding hydrogens is 319 g/mol. The summed E-state index contributed by atoms with van der Waals surface area (Å²) in [5.41, 5.74) is 2.34. The van der Waals surface area contributed by atoms with Crippen LogP contribution in [0.15, 0.2) is 22.6 Å². The van der Waals surface area contributed by atoms with Crippen molar-refractivity contribution in [2.75, 3.05) is 6.61 Å². The van der Waals surface area contributed by atoms with Gasteiger partial charge in [0.25, 0.3) is 0 Å². The highest BCUT2D eigenvalue weighted by molar-refractivity contribution is 14.1. The Labute approximate surface area is 107 Å². The molecule has 84 valence electrons. The first kappa shape index (κ1) is 11.4. The van der Waals surface area contributed by atoms with Crippen molar-refractivity contribution in [2.45, 2.75) is 13.8 Å². The van der Waals surface area contributed by atoms with Crippen molar-refractivity contribution >= 4 is 39.5 Å². The second kappa shape index (κ2) is 4.45. The second-order valence-electron chi connectivity index (χ2n) is 3.47. The van der Waals surface area contributed by atoms with E-state index in [1.54, 1.807) is 6.92 Å². The molecule has 0 saturated heterocycles. The lowest BCUT2D eigenvalue weighted by molar-refractivity contribution is 0.0526. The van der Waals surface area contributed by atoms with Gasteiger partial charge in [-0.05, 0) is 26.0 Å². The van der Waals surface area contributed by atoms with Gasteiger partial charge in [-0.1, -0.05) is 11.6 Å². The average Bonchev–Trinajstić information content (AvgIpc) is 2.53. The van der Waals surface area contributed by atoms with E-state index in [2.05, 4.69) is 0 Å². The van der Waals surface area contributed by atoms with Crippen LogP contribution in [0.5, 0.6) is 0 Å². The number of hydrogen-bond donors (Lipinski definition) is 0. The minimum atomic E-state index is -0.323. The third-order valence-corrected chi connectivity index (χ3v) is 3.04. The van der Waals surface area contributed by atoms with Crippen molar-refractivity contribution in [2.24, 2.45) is 0 Å². The zero-order valence-corrected chi connectivity index (χ0v) is 11.2. The molecule has 16 heavy (non-hydrogen) atoms. The Morgan fingerprint density at radius 1 is 1.50 bits per heavy atom. The Balaban J connectivity index is 2.62. The third-order valence-electron chi connectivity index (χ3n) is 2.28. The van der Waals surface area contributed by atoms with E-state index in [0.29, 0.717) is 15.9 Å². The smallest absolute Gasteiger partial charge is 0.343 e. The maximum Gasteiger partial charge on any atom is 0.343 e. The Bertz CT molecular complexity index is 542. The number of esters is 1. The number of halogens is 1. The lowest BCUT2D eigenvalue weighted by Crippen LogP contribution is -2.05. The predicted molar refractivity (Wildman–Crippen MR) is 69.6 cm³/mol. The van der Waals surface area contributed by atoms with Crippen LogP contribution in [0.3, 0.4) is 0 Å². The maximum atomic E-state index is 11.8. The highest BCUT2D eigenvalue weighted by Gasteiger charge is 2.20. The van der Waals surface area contributed by atoms with Crippen molar-refractivity contribution in [1.29, 1.82) is 0 Å². The lowest BCUT2D eigenvalue weighted by Gasteiger charge is -1.99. The van der Waals surface area contributed by atoms with Crippen LogP contribution in [0.4, 0.5) is 0 Å². The van der Waals surface area contributed by atoms with Gasteiger partial charge in [-0.15, -0.1) is 0 Å². The van der Waals surface area contributed by atoms with E-state index in [1.807, 2.05) is 47.7 Å². The molecule has 0 aliphatic carbocycles. The number of carbonyl (C=O) groups is 1. The molecule has 0 aliphatic heterocycles. The van der Waals surface area contributed by atoms with E-state index in [0.717, 1.165) is 16.5 Å². The summed E-state index contributed by atoms with van der Waals surface area (Å²) in [6.45, 7) is 4.14. The summed E-state index contributed by atoms with van der Waals surface area (Å²) in [4.78, 5) is 11.8. The highest BCUT2D eigenvalue weighted by atomic mass is 127. The second-order valence-corrected chi connectivity index (χ2v) is 4.45. The Morgan fingerprint density at radius 2 is 2.25 bits per heavy atom. The zero-order valence-electron chi connectivity index (χ0n) is 9.04. The standard InChI is InChI=1S/C12H11IO3/c1-3-15-12(14)10-8-6-7(2)4-5-9(8)16-11(10)13/h4-6H,3H2,1-2H3. The molecule has 0 amide bonds. The largest absolute Gasteiger partial charge is 0.462 e. The number of benzene rings is 1. The first-order chi connectivity index (χ1) is 7.63.